The average Bonchev–Trinajstić information content (AvgIpc) is 3.12. The van der Waals surface area contributed by atoms with Gasteiger partial charge in [0.2, 0.25) is 11.5 Å². The lowest BCUT2D eigenvalue weighted by Gasteiger charge is -2.06. The van der Waals surface area contributed by atoms with Crippen molar-refractivity contribution >= 4 is 46.5 Å². The van der Waals surface area contributed by atoms with E-state index in [0.29, 0.717) is 27.6 Å². The quantitative estimate of drug-likeness (QED) is 0.112. The van der Waals surface area contributed by atoms with E-state index in [1.54, 1.807) is 43.0 Å². The summed E-state index contributed by atoms with van der Waals surface area (Å²) in [6, 6.07) is 10.9. The number of thioether (sulfide) groups is 1. The van der Waals surface area contributed by atoms with Crippen molar-refractivity contribution in [1.29, 1.82) is 0 Å². The third kappa shape index (κ3) is 6.56. The number of aryl methyl sites for hydroxylation is 1. The van der Waals surface area contributed by atoms with Crippen LogP contribution < -0.4 is 4.57 Å². The molecule has 0 bridgehead atoms. The second kappa shape index (κ2) is 11.6. The number of halogens is 1. The van der Waals surface area contributed by atoms with Crippen LogP contribution in [-0.2, 0) is 16.0 Å². The number of hydrogen-bond acceptors (Lipinski definition) is 5. The summed E-state index contributed by atoms with van der Waals surface area (Å²) in [6.07, 6.45) is 6.11. The Balaban J connectivity index is 2.17. The number of hydrogen-bond donors (Lipinski definition) is 0. The number of thiophene rings is 1. The highest BCUT2D eigenvalue weighted by Gasteiger charge is 2.31. The summed E-state index contributed by atoms with van der Waals surface area (Å²) in [5, 5.41) is 0.568. The molecule has 0 atom stereocenters. The Morgan fingerprint density at radius 2 is 1.79 bits per heavy atom. The van der Waals surface area contributed by atoms with Crippen molar-refractivity contribution in [2.24, 2.45) is 0 Å². The standard InChI is InChI=1S/C26H27ClNO3S2/c1-5-31-22(29)16-21-23(28-13-10-18(4)11-14-28)26(32-15-12-17(2)3)33-25(21)24(30)19-6-8-20(27)9-7-19/h6-14H,5,15-16H2,1-4H3/q+1. The molecule has 3 rings (SSSR count). The van der Waals surface area contributed by atoms with Gasteiger partial charge in [0.1, 0.15) is 4.21 Å². The van der Waals surface area contributed by atoms with Crippen molar-refractivity contribution in [3.8, 4) is 5.69 Å². The van der Waals surface area contributed by atoms with Crippen molar-refractivity contribution in [1.82, 2.24) is 0 Å². The van der Waals surface area contributed by atoms with Crippen molar-refractivity contribution in [2.75, 3.05) is 12.4 Å². The van der Waals surface area contributed by atoms with E-state index in [9.17, 15) is 9.59 Å². The number of pyridine rings is 1. The zero-order valence-electron chi connectivity index (χ0n) is 19.2. The van der Waals surface area contributed by atoms with Gasteiger partial charge in [-0.15, -0.1) is 23.1 Å². The largest absolute Gasteiger partial charge is 0.466 e. The van der Waals surface area contributed by atoms with E-state index >= 15 is 0 Å². The fraction of sp³-hybridized carbons (Fsp3) is 0.269. The van der Waals surface area contributed by atoms with Gasteiger partial charge in [-0.3, -0.25) is 9.59 Å². The Labute approximate surface area is 208 Å². The fourth-order valence-electron chi connectivity index (χ4n) is 3.16. The van der Waals surface area contributed by atoms with Crippen LogP contribution in [0, 0.1) is 6.92 Å². The molecule has 0 aliphatic rings. The minimum Gasteiger partial charge on any atom is -0.466 e. The van der Waals surface area contributed by atoms with E-state index in [0.717, 1.165) is 21.2 Å². The summed E-state index contributed by atoms with van der Waals surface area (Å²) in [5.74, 6) is 0.296. The molecule has 2 heterocycles. The van der Waals surface area contributed by atoms with Crippen LogP contribution in [0.5, 0.6) is 0 Å². The number of allylic oxidation sites excluding steroid dienone is 1. The van der Waals surface area contributed by atoms with E-state index in [1.165, 1.54) is 16.9 Å². The Morgan fingerprint density at radius 3 is 2.39 bits per heavy atom. The lowest BCUT2D eigenvalue weighted by Crippen LogP contribution is -2.31. The molecule has 0 unspecified atom stereocenters. The van der Waals surface area contributed by atoms with Gasteiger partial charge in [0.05, 0.1) is 23.5 Å². The summed E-state index contributed by atoms with van der Waals surface area (Å²) < 4.78 is 8.22. The van der Waals surface area contributed by atoms with Gasteiger partial charge in [0.25, 0.3) is 0 Å². The molecule has 1 aromatic carbocycles. The highest BCUT2D eigenvalue weighted by atomic mass is 35.5. The molecule has 0 fully saturated rings. The zero-order valence-corrected chi connectivity index (χ0v) is 21.6. The minimum absolute atomic E-state index is 0.0262. The third-order valence-electron chi connectivity index (χ3n) is 4.85. The summed E-state index contributed by atoms with van der Waals surface area (Å²) >= 11 is 9.11. The maximum atomic E-state index is 13.5. The van der Waals surface area contributed by atoms with Gasteiger partial charge in [-0.25, -0.2) is 0 Å². The second-order valence-corrected chi connectivity index (χ2v) is 10.5. The van der Waals surface area contributed by atoms with Crippen LogP contribution >= 0.6 is 34.7 Å². The Bertz CT molecular complexity index is 1160. The lowest BCUT2D eigenvalue weighted by molar-refractivity contribution is -0.598. The number of rotatable bonds is 9. The number of esters is 1. The molecule has 0 N–H and O–H groups in total. The van der Waals surface area contributed by atoms with Gasteiger partial charge in [-0.05, 0) is 57.5 Å². The van der Waals surface area contributed by atoms with E-state index in [2.05, 4.69) is 19.9 Å². The monoisotopic (exact) mass is 500 g/mol. The molecule has 0 amide bonds. The number of ketones is 1. The van der Waals surface area contributed by atoms with Crippen LogP contribution in [0.25, 0.3) is 5.69 Å². The van der Waals surface area contributed by atoms with Crippen molar-refractivity contribution in [3.63, 3.8) is 0 Å². The van der Waals surface area contributed by atoms with Gasteiger partial charge in [-0.1, -0.05) is 23.3 Å². The van der Waals surface area contributed by atoms with Gasteiger partial charge in [-0.2, -0.15) is 4.57 Å². The van der Waals surface area contributed by atoms with Gasteiger partial charge < -0.3 is 4.74 Å². The Hall–Kier alpha value is -2.41. The van der Waals surface area contributed by atoms with E-state index in [-0.39, 0.29) is 18.2 Å². The maximum absolute atomic E-state index is 13.5. The van der Waals surface area contributed by atoms with Gasteiger partial charge in [0, 0.05) is 28.5 Å². The lowest BCUT2D eigenvalue weighted by atomic mass is 10.0. The second-order valence-electron chi connectivity index (χ2n) is 7.74. The molecule has 172 valence electrons. The van der Waals surface area contributed by atoms with E-state index in [4.69, 9.17) is 16.3 Å². The molecule has 0 saturated carbocycles. The predicted octanol–water partition coefficient (Wildman–Crippen LogP) is 6.38. The van der Waals surface area contributed by atoms with Crippen LogP contribution in [0.4, 0.5) is 0 Å². The highest BCUT2D eigenvalue weighted by Crippen LogP contribution is 2.38. The number of aromatic nitrogens is 1. The Kier molecular flexibility index (Phi) is 8.89. The van der Waals surface area contributed by atoms with E-state index in [1.807, 2.05) is 36.0 Å². The first-order valence-electron chi connectivity index (χ1n) is 10.7. The van der Waals surface area contributed by atoms with Crippen molar-refractivity contribution in [2.45, 2.75) is 38.3 Å². The van der Waals surface area contributed by atoms with Crippen LogP contribution in [0.15, 0.2) is 64.7 Å². The molecule has 0 spiro atoms. The molecular formula is C26H27ClNO3S2+. The summed E-state index contributed by atoms with van der Waals surface area (Å²) in [4.78, 5) is 26.6. The van der Waals surface area contributed by atoms with Crippen LogP contribution in [0.3, 0.4) is 0 Å². The molecule has 3 aromatic rings. The third-order valence-corrected chi connectivity index (χ3v) is 7.51. The molecule has 4 nitrogen and oxygen atoms in total. The average molecular weight is 501 g/mol. The van der Waals surface area contributed by atoms with Crippen LogP contribution in [-0.4, -0.2) is 24.1 Å². The highest BCUT2D eigenvalue weighted by molar-refractivity contribution is 8.01. The van der Waals surface area contributed by atoms with Crippen molar-refractivity contribution < 1.29 is 18.9 Å². The van der Waals surface area contributed by atoms with Gasteiger partial charge in [0.15, 0.2) is 12.4 Å². The fourth-order valence-corrected chi connectivity index (χ4v) is 5.93. The number of carbonyl (C=O) groups is 2. The summed E-state index contributed by atoms with van der Waals surface area (Å²) in [6.45, 7) is 8.22. The smallest absolute Gasteiger partial charge is 0.310 e. The van der Waals surface area contributed by atoms with Crippen molar-refractivity contribution in [3.05, 3.63) is 87.0 Å². The summed E-state index contributed by atoms with van der Waals surface area (Å²) in [7, 11) is 0. The molecule has 33 heavy (non-hydrogen) atoms. The molecule has 0 aliphatic carbocycles. The number of benzene rings is 1. The first-order chi connectivity index (χ1) is 15.8. The van der Waals surface area contributed by atoms with Gasteiger partial charge >= 0.3 is 5.97 Å². The first-order valence-corrected chi connectivity index (χ1v) is 12.8. The zero-order chi connectivity index (χ0) is 24.0. The number of carbonyl (C=O) groups excluding carboxylic acids is 2. The van der Waals surface area contributed by atoms with Crippen LogP contribution in [0.2, 0.25) is 5.02 Å². The number of nitrogens with zero attached hydrogens (tertiary/aromatic N) is 1. The molecule has 0 aliphatic heterocycles. The number of ether oxygens (including phenoxy) is 1. The maximum Gasteiger partial charge on any atom is 0.310 e. The SMILES string of the molecule is CCOC(=O)Cc1c(C(=O)c2ccc(Cl)cc2)sc(SCC=C(C)C)c1-[n+]1ccc(C)cc1. The molecule has 2 aromatic heterocycles. The van der Waals surface area contributed by atoms with Crippen LogP contribution in [0.1, 0.15) is 47.1 Å². The molecule has 7 heteroatoms. The Morgan fingerprint density at radius 1 is 1.12 bits per heavy atom. The molecular weight excluding hydrogens is 474 g/mol. The predicted molar refractivity (Wildman–Crippen MR) is 136 cm³/mol. The minimum atomic E-state index is -0.352. The summed E-state index contributed by atoms with van der Waals surface area (Å²) in [5.41, 5.74) is 4.44. The molecule has 0 saturated heterocycles. The molecule has 0 radical (unpaired) electrons. The first kappa shape index (κ1) is 25.2. The normalized spacial score (nSPS) is 10.7. The topological polar surface area (TPSA) is 47.3 Å². The van der Waals surface area contributed by atoms with E-state index < -0.39 is 0 Å².